The van der Waals surface area contributed by atoms with Gasteiger partial charge < -0.3 is 24.3 Å². The average Bonchev–Trinajstić information content (AvgIpc) is 3.01. The van der Waals surface area contributed by atoms with Crippen LogP contribution in [-0.2, 0) is 16.0 Å². The first-order valence-corrected chi connectivity index (χ1v) is 11.0. The van der Waals surface area contributed by atoms with Crippen LogP contribution in [-0.4, -0.2) is 47.2 Å². The molecule has 0 saturated carbocycles. The van der Waals surface area contributed by atoms with Crippen LogP contribution >= 0.6 is 11.8 Å². The van der Waals surface area contributed by atoms with Crippen molar-refractivity contribution in [1.29, 1.82) is 0 Å². The molecule has 8 heteroatoms. The molecule has 2 aromatic rings. The van der Waals surface area contributed by atoms with Crippen molar-refractivity contribution in [2.24, 2.45) is 0 Å². The maximum atomic E-state index is 12.8. The number of nitrogens with one attached hydrogen (secondary N) is 1. The van der Waals surface area contributed by atoms with Crippen LogP contribution < -0.4 is 25.0 Å². The number of hydrogen-bond donors (Lipinski definition) is 1. The van der Waals surface area contributed by atoms with Gasteiger partial charge in [-0.3, -0.25) is 9.59 Å². The Morgan fingerprint density at radius 3 is 2.45 bits per heavy atom. The van der Waals surface area contributed by atoms with Gasteiger partial charge in [-0.05, 0) is 54.0 Å². The number of fused-ring (bicyclic) bond motifs is 3. The Morgan fingerprint density at radius 2 is 1.84 bits per heavy atom. The molecule has 1 amide bonds. The van der Waals surface area contributed by atoms with E-state index in [1.165, 1.54) is 18.9 Å². The van der Waals surface area contributed by atoms with Gasteiger partial charge in [0, 0.05) is 12.7 Å². The van der Waals surface area contributed by atoms with E-state index in [2.05, 4.69) is 5.32 Å². The Labute approximate surface area is 186 Å². The molecule has 0 aliphatic heterocycles. The van der Waals surface area contributed by atoms with Gasteiger partial charge in [-0.15, -0.1) is 11.8 Å². The minimum absolute atomic E-state index is 0.0526. The molecule has 1 aliphatic rings. The van der Waals surface area contributed by atoms with Crippen LogP contribution in [0.15, 0.2) is 34.0 Å². The first kappa shape index (κ1) is 23.0. The molecule has 3 rings (SSSR count). The molecule has 31 heavy (non-hydrogen) atoms. The second-order valence-corrected chi connectivity index (χ2v) is 7.90. The topological polar surface area (TPSA) is 83.1 Å². The lowest BCUT2D eigenvalue weighted by molar-refractivity contribution is -0.125. The summed E-state index contributed by atoms with van der Waals surface area (Å²) in [5.74, 6) is 1.34. The van der Waals surface area contributed by atoms with Gasteiger partial charge in [0.25, 0.3) is 0 Å². The SMILES string of the molecule is COCC(=O)N[C@H]1CCc2cc(OC)c(OC)c(OC)c2-c2ccc(SC)c(=O)cc21. The van der Waals surface area contributed by atoms with Crippen LogP contribution in [0.25, 0.3) is 11.1 Å². The van der Waals surface area contributed by atoms with E-state index in [0.29, 0.717) is 35.0 Å². The van der Waals surface area contributed by atoms with Crippen molar-refractivity contribution < 1.29 is 23.7 Å². The molecular weight excluding hydrogens is 418 g/mol. The summed E-state index contributed by atoms with van der Waals surface area (Å²) in [6.45, 7) is -0.0526. The van der Waals surface area contributed by atoms with E-state index in [1.807, 2.05) is 24.5 Å². The van der Waals surface area contributed by atoms with E-state index in [0.717, 1.165) is 22.3 Å². The number of thioether (sulfide) groups is 1. The van der Waals surface area contributed by atoms with Crippen LogP contribution in [0.5, 0.6) is 17.2 Å². The van der Waals surface area contributed by atoms with Crippen LogP contribution in [0, 0.1) is 0 Å². The van der Waals surface area contributed by atoms with Crippen molar-refractivity contribution in [2.75, 3.05) is 41.3 Å². The summed E-state index contributed by atoms with van der Waals surface area (Å²) >= 11 is 1.39. The zero-order chi connectivity index (χ0) is 22.5. The quantitative estimate of drug-likeness (QED) is 0.655. The molecule has 7 nitrogen and oxygen atoms in total. The van der Waals surface area contributed by atoms with Crippen LogP contribution in [0.4, 0.5) is 0 Å². The van der Waals surface area contributed by atoms with Crippen LogP contribution in [0.3, 0.4) is 0 Å². The second-order valence-electron chi connectivity index (χ2n) is 7.05. The van der Waals surface area contributed by atoms with E-state index < -0.39 is 0 Å². The third-order valence-corrected chi connectivity index (χ3v) is 6.11. The predicted molar refractivity (Wildman–Crippen MR) is 121 cm³/mol. The number of amides is 1. The first-order chi connectivity index (χ1) is 15.0. The molecule has 0 heterocycles. The van der Waals surface area contributed by atoms with Crippen molar-refractivity contribution in [3.63, 3.8) is 0 Å². The number of methoxy groups -OCH3 is 4. The molecule has 0 unspecified atom stereocenters. The number of carbonyl (C=O) groups is 1. The molecule has 0 fully saturated rings. The number of benzene rings is 1. The Morgan fingerprint density at radius 1 is 1.10 bits per heavy atom. The summed E-state index contributed by atoms with van der Waals surface area (Å²) in [6.07, 6.45) is 3.11. The summed E-state index contributed by atoms with van der Waals surface area (Å²) in [4.78, 5) is 25.8. The maximum absolute atomic E-state index is 12.8. The highest BCUT2D eigenvalue weighted by molar-refractivity contribution is 7.98. The van der Waals surface area contributed by atoms with Crippen molar-refractivity contribution in [3.8, 4) is 28.4 Å². The van der Waals surface area contributed by atoms with Gasteiger partial charge in [0.1, 0.15) is 6.61 Å². The van der Waals surface area contributed by atoms with Crippen LogP contribution in [0.2, 0.25) is 0 Å². The third kappa shape index (κ3) is 4.50. The Bertz CT molecular complexity index is 1040. The highest BCUT2D eigenvalue weighted by Gasteiger charge is 2.29. The van der Waals surface area contributed by atoms with Gasteiger partial charge in [0.15, 0.2) is 16.9 Å². The van der Waals surface area contributed by atoms with E-state index in [-0.39, 0.29) is 24.0 Å². The van der Waals surface area contributed by atoms with Crippen molar-refractivity contribution >= 4 is 17.7 Å². The van der Waals surface area contributed by atoms with E-state index in [4.69, 9.17) is 18.9 Å². The van der Waals surface area contributed by atoms with Gasteiger partial charge >= 0.3 is 0 Å². The van der Waals surface area contributed by atoms with Crippen molar-refractivity contribution in [2.45, 2.75) is 23.8 Å². The predicted octanol–water partition coefficient (Wildman–Crippen LogP) is 3.21. The fourth-order valence-corrected chi connectivity index (χ4v) is 4.45. The fraction of sp³-hybridized carbons (Fsp3) is 0.391. The average molecular weight is 446 g/mol. The summed E-state index contributed by atoms with van der Waals surface area (Å²) in [5, 5.41) is 3.01. The number of hydrogen-bond acceptors (Lipinski definition) is 7. The van der Waals surface area contributed by atoms with Gasteiger partial charge in [-0.25, -0.2) is 0 Å². The standard InChI is InChI=1S/C23H27NO6S/c1-27-12-20(26)24-16-8-6-13-10-18(28-2)22(29-3)23(30-4)21(13)14-7-9-19(31-5)17(25)11-15(14)16/h7,9-11,16H,6,8,12H2,1-5H3,(H,24,26)/t16-/m0/s1. The summed E-state index contributed by atoms with van der Waals surface area (Å²) in [7, 11) is 6.19. The molecule has 0 bridgehead atoms. The Kier molecular flexibility index (Phi) is 7.46. The van der Waals surface area contributed by atoms with Gasteiger partial charge in [-0.2, -0.15) is 0 Å². The van der Waals surface area contributed by atoms with Crippen molar-refractivity contribution in [1.82, 2.24) is 5.32 Å². The first-order valence-electron chi connectivity index (χ1n) is 9.81. The molecule has 0 saturated heterocycles. The monoisotopic (exact) mass is 445 g/mol. The number of carbonyl (C=O) groups excluding carboxylic acids is 1. The lowest BCUT2D eigenvalue weighted by atomic mass is 9.95. The molecule has 1 aliphatic carbocycles. The lowest BCUT2D eigenvalue weighted by Gasteiger charge is -2.20. The van der Waals surface area contributed by atoms with Crippen LogP contribution in [0.1, 0.15) is 23.6 Å². The Balaban J connectivity index is 2.33. The smallest absolute Gasteiger partial charge is 0.246 e. The highest BCUT2D eigenvalue weighted by Crippen LogP contribution is 2.50. The summed E-state index contributed by atoms with van der Waals surface area (Å²) in [6, 6.07) is 6.91. The fourth-order valence-electron chi connectivity index (χ4n) is 3.98. The van der Waals surface area contributed by atoms with Gasteiger partial charge in [-0.1, -0.05) is 6.07 Å². The third-order valence-electron chi connectivity index (χ3n) is 5.33. The molecule has 1 N–H and O–H groups in total. The zero-order valence-electron chi connectivity index (χ0n) is 18.4. The second kappa shape index (κ2) is 10.1. The van der Waals surface area contributed by atoms with E-state index in [9.17, 15) is 9.59 Å². The molecule has 0 aromatic heterocycles. The minimum atomic E-state index is -0.360. The molecule has 0 radical (unpaired) electrons. The zero-order valence-corrected chi connectivity index (χ0v) is 19.2. The highest BCUT2D eigenvalue weighted by atomic mass is 32.2. The maximum Gasteiger partial charge on any atom is 0.246 e. The van der Waals surface area contributed by atoms with E-state index in [1.54, 1.807) is 27.4 Å². The molecule has 0 spiro atoms. The molecule has 166 valence electrons. The minimum Gasteiger partial charge on any atom is -0.493 e. The lowest BCUT2D eigenvalue weighted by Crippen LogP contribution is -2.31. The normalized spacial score (nSPS) is 14.7. The molecule has 1 atom stereocenters. The van der Waals surface area contributed by atoms with Gasteiger partial charge in [0.2, 0.25) is 11.7 Å². The van der Waals surface area contributed by atoms with Gasteiger partial charge in [0.05, 0.1) is 32.3 Å². The van der Waals surface area contributed by atoms with E-state index >= 15 is 0 Å². The largest absolute Gasteiger partial charge is 0.493 e. The Hall–Kier alpha value is -2.71. The number of aryl methyl sites for hydroxylation is 1. The molecule has 2 aromatic carbocycles. The summed E-state index contributed by atoms with van der Waals surface area (Å²) < 4.78 is 21.9. The number of rotatable bonds is 7. The summed E-state index contributed by atoms with van der Waals surface area (Å²) in [5.41, 5.74) is 3.27. The van der Waals surface area contributed by atoms with Crippen molar-refractivity contribution in [3.05, 3.63) is 45.6 Å². The molecular formula is C23H27NO6S. The number of ether oxygens (including phenoxy) is 4.